The van der Waals surface area contributed by atoms with Crippen molar-refractivity contribution in [1.29, 1.82) is 0 Å². The number of rotatable bonds is 5. The van der Waals surface area contributed by atoms with Crippen LogP contribution in [0.5, 0.6) is 0 Å². The molecule has 1 aliphatic rings. The zero-order valence-corrected chi connectivity index (χ0v) is 12.9. The van der Waals surface area contributed by atoms with Crippen molar-refractivity contribution in [3.8, 4) is 0 Å². The fourth-order valence-corrected chi connectivity index (χ4v) is 3.13. The second kappa shape index (κ2) is 7.19. The number of halogens is 1. The van der Waals surface area contributed by atoms with Crippen LogP contribution in [0.3, 0.4) is 0 Å². The zero-order valence-electron chi connectivity index (χ0n) is 12.9. The molecule has 0 radical (unpaired) electrons. The van der Waals surface area contributed by atoms with Gasteiger partial charge in [-0.3, -0.25) is 4.90 Å². The lowest BCUT2D eigenvalue weighted by Gasteiger charge is -2.42. The van der Waals surface area contributed by atoms with Gasteiger partial charge in [-0.2, -0.15) is 0 Å². The molecule has 0 bridgehead atoms. The molecule has 2 rings (SSSR count). The van der Waals surface area contributed by atoms with Crippen molar-refractivity contribution in [2.45, 2.75) is 52.2 Å². The molecule has 0 spiro atoms. The topological polar surface area (TPSA) is 15.3 Å². The monoisotopic (exact) mass is 278 g/mol. The highest BCUT2D eigenvalue weighted by Gasteiger charge is 2.29. The molecule has 0 saturated carbocycles. The molecule has 1 fully saturated rings. The molecule has 3 heteroatoms. The number of benzene rings is 1. The minimum atomic E-state index is -0.0828. The van der Waals surface area contributed by atoms with Crippen LogP contribution in [-0.2, 0) is 6.54 Å². The van der Waals surface area contributed by atoms with Gasteiger partial charge in [-0.25, -0.2) is 4.39 Å². The fourth-order valence-electron chi connectivity index (χ4n) is 3.13. The molecule has 2 unspecified atom stereocenters. The first-order valence-corrected chi connectivity index (χ1v) is 7.82. The summed E-state index contributed by atoms with van der Waals surface area (Å²) in [6.45, 7) is 9.47. The van der Waals surface area contributed by atoms with E-state index in [2.05, 4.69) is 31.0 Å². The number of piperazine rings is 1. The average molecular weight is 278 g/mol. The summed E-state index contributed by atoms with van der Waals surface area (Å²) >= 11 is 0. The van der Waals surface area contributed by atoms with Gasteiger partial charge in [0.05, 0.1) is 0 Å². The molecule has 0 aliphatic carbocycles. The van der Waals surface area contributed by atoms with Crippen molar-refractivity contribution in [2.75, 3.05) is 13.1 Å². The van der Waals surface area contributed by atoms with E-state index in [-0.39, 0.29) is 5.82 Å². The molecule has 1 heterocycles. The molecule has 1 aromatic carbocycles. The third kappa shape index (κ3) is 3.80. The number of nitrogens with zero attached hydrogens (tertiary/aromatic N) is 1. The van der Waals surface area contributed by atoms with E-state index in [1.165, 1.54) is 12.8 Å². The molecule has 1 N–H and O–H groups in total. The van der Waals surface area contributed by atoms with Crippen LogP contribution in [0.2, 0.25) is 0 Å². The summed E-state index contributed by atoms with van der Waals surface area (Å²) in [4.78, 5) is 2.46. The van der Waals surface area contributed by atoms with E-state index >= 15 is 0 Å². The summed E-state index contributed by atoms with van der Waals surface area (Å²) < 4.78 is 13.9. The summed E-state index contributed by atoms with van der Waals surface area (Å²) in [5.41, 5.74) is 0.815. The normalized spacial score (nSPS) is 24.2. The Bertz CT molecular complexity index is 419. The Morgan fingerprint density at radius 2 is 2.10 bits per heavy atom. The van der Waals surface area contributed by atoms with Crippen molar-refractivity contribution < 1.29 is 4.39 Å². The van der Waals surface area contributed by atoms with Crippen LogP contribution in [0.1, 0.15) is 39.2 Å². The average Bonchev–Trinajstić information content (AvgIpc) is 2.42. The van der Waals surface area contributed by atoms with Crippen LogP contribution in [0.25, 0.3) is 0 Å². The second-order valence-electron chi connectivity index (χ2n) is 6.23. The fraction of sp³-hybridized carbons (Fsp3) is 0.647. The standard InChI is InChI=1S/C17H27FN2/c1-4-7-15-12-20(17(10-19-15)13(2)3)11-14-8-5-6-9-16(14)18/h5-6,8-9,13,15,17,19H,4,7,10-12H2,1-3H3. The Morgan fingerprint density at radius 3 is 2.75 bits per heavy atom. The highest BCUT2D eigenvalue weighted by atomic mass is 19.1. The molecule has 20 heavy (non-hydrogen) atoms. The predicted molar refractivity (Wildman–Crippen MR) is 82.1 cm³/mol. The quantitative estimate of drug-likeness (QED) is 0.888. The van der Waals surface area contributed by atoms with E-state index in [4.69, 9.17) is 0 Å². The van der Waals surface area contributed by atoms with Gasteiger partial charge >= 0.3 is 0 Å². The highest BCUT2D eigenvalue weighted by Crippen LogP contribution is 2.20. The van der Waals surface area contributed by atoms with Crippen molar-refractivity contribution >= 4 is 0 Å². The van der Waals surface area contributed by atoms with Crippen LogP contribution in [0.4, 0.5) is 4.39 Å². The van der Waals surface area contributed by atoms with Gasteiger partial charge in [0.2, 0.25) is 0 Å². The van der Waals surface area contributed by atoms with Gasteiger partial charge < -0.3 is 5.32 Å². The summed E-state index contributed by atoms with van der Waals surface area (Å²) in [5.74, 6) is 0.498. The van der Waals surface area contributed by atoms with Crippen LogP contribution in [0, 0.1) is 11.7 Å². The second-order valence-corrected chi connectivity index (χ2v) is 6.23. The molecule has 1 aromatic rings. The predicted octanol–water partition coefficient (Wildman–Crippen LogP) is 3.42. The lowest BCUT2D eigenvalue weighted by Crippen LogP contribution is -2.57. The summed E-state index contributed by atoms with van der Waals surface area (Å²) in [5, 5.41) is 3.65. The van der Waals surface area contributed by atoms with Crippen LogP contribution in [-0.4, -0.2) is 30.1 Å². The maximum Gasteiger partial charge on any atom is 0.127 e. The van der Waals surface area contributed by atoms with E-state index < -0.39 is 0 Å². The number of hydrogen-bond acceptors (Lipinski definition) is 2. The van der Waals surface area contributed by atoms with E-state index in [0.29, 0.717) is 18.0 Å². The van der Waals surface area contributed by atoms with Gasteiger partial charge in [-0.1, -0.05) is 45.4 Å². The van der Waals surface area contributed by atoms with Gasteiger partial charge in [-0.15, -0.1) is 0 Å². The molecule has 112 valence electrons. The Kier molecular flexibility index (Phi) is 5.55. The highest BCUT2D eigenvalue weighted by molar-refractivity contribution is 5.17. The molecule has 2 nitrogen and oxygen atoms in total. The molecule has 1 saturated heterocycles. The van der Waals surface area contributed by atoms with E-state index in [1.54, 1.807) is 12.1 Å². The Morgan fingerprint density at radius 1 is 1.35 bits per heavy atom. The largest absolute Gasteiger partial charge is 0.311 e. The number of hydrogen-bond donors (Lipinski definition) is 1. The van der Waals surface area contributed by atoms with Crippen LogP contribution in [0.15, 0.2) is 24.3 Å². The van der Waals surface area contributed by atoms with E-state index in [0.717, 1.165) is 25.2 Å². The zero-order chi connectivity index (χ0) is 14.5. The van der Waals surface area contributed by atoms with Crippen molar-refractivity contribution in [1.82, 2.24) is 10.2 Å². The first-order valence-electron chi connectivity index (χ1n) is 7.82. The van der Waals surface area contributed by atoms with Gasteiger partial charge in [0, 0.05) is 37.3 Å². The third-order valence-corrected chi connectivity index (χ3v) is 4.28. The van der Waals surface area contributed by atoms with E-state index in [1.807, 2.05) is 12.1 Å². The first kappa shape index (κ1) is 15.5. The Hall–Kier alpha value is -0.930. The van der Waals surface area contributed by atoms with Crippen LogP contribution >= 0.6 is 0 Å². The lowest BCUT2D eigenvalue weighted by molar-refractivity contribution is 0.0874. The maximum atomic E-state index is 13.9. The van der Waals surface area contributed by atoms with Crippen molar-refractivity contribution in [3.63, 3.8) is 0 Å². The maximum absolute atomic E-state index is 13.9. The van der Waals surface area contributed by atoms with Crippen LogP contribution < -0.4 is 5.32 Å². The molecule has 0 amide bonds. The molecule has 1 aliphatic heterocycles. The van der Waals surface area contributed by atoms with Crippen molar-refractivity contribution in [2.24, 2.45) is 5.92 Å². The Balaban J connectivity index is 2.09. The summed E-state index contributed by atoms with van der Waals surface area (Å²) in [6.07, 6.45) is 2.39. The Labute approximate surface area is 122 Å². The smallest absolute Gasteiger partial charge is 0.127 e. The summed E-state index contributed by atoms with van der Waals surface area (Å²) in [6, 6.07) is 8.18. The minimum Gasteiger partial charge on any atom is -0.311 e. The van der Waals surface area contributed by atoms with Gasteiger partial charge in [0.15, 0.2) is 0 Å². The van der Waals surface area contributed by atoms with E-state index in [9.17, 15) is 4.39 Å². The third-order valence-electron chi connectivity index (χ3n) is 4.28. The molecular formula is C17H27FN2. The number of nitrogens with one attached hydrogen (secondary N) is 1. The SMILES string of the molecule is CCCC1CN(Cc2ccccc2F)C(C(C)C)CN1. The van der Waals surface area contributed by atoms with Gasteiger partial charge in [0.1, 0.15) is 5.82 Å². The van der Waals surface area contributed by atoms with Gasteiger partial charge in [-0.05, 0) is 18.4 Å². The summed E-state index contributed by atoms with van der Waals surface area (Å²) in [7, 11) is 0. The molecule has 2 atom stereocenters. The minimum absolute atomic E-state index is 0.0828. The first-order chi connectivity index (χ1) is 9.61. The van der Waals surface area contributed by atoms with Crippen molar-refractivity contribution in [3.05, 3.63) is 35.6 Å². The molecular weight excluding hydrogens is 251 g/mol. The van der Waals surface area contributed by atoms with Gasteiger partial charge in [0.25, 0.3) is 0 Å². The molecule has 0 aromatic heterocycles. The lowest BCUT2D eigenvalue weighted by atomic mass is 9.96.